The van der Waals surface area contributed by atoms with Gasteiger partial charge in [0.05, 0.1) is 33.1 Å². The Kier molecular flexibility index (Phi) is 2.23. The van der Waals surface area contributed by atoms with Crippen LogP contribution in [0, 0.1) is 6.92 Å². The van der Waals surface area contributed by atoms with Crippen LogP contribution in [0.2, 0.25) is 0 Å². The zero-order valence-electron chi connectivity index (χ0n) is 14.9. The second-order valence-corrected chi connectivity index (χ2v) is 7.56. The van der Waals surface area contributed by atoms with Crippen molar-refractivity contribution in [3.63, 3.8) is 0 Å². The molecule has 0 radical (unpaired) electrons. The topological polar surface area (TPSA) is 8.82 Å². The van der Waals surface area contributed by atoms with Gasteiger partial charge in [-0.05, 0) is 37.3 Å². The van der Waals surface area contributed by atoms with Gasteiger partial charge in [0.15, 0.2) is 0 Å². The summed E-state index contributed by atoms with van der Waals surface area (Å²) in [6, 6.07) is 28.9. The summed E-state index contributed by atoms with van der Waals surface area (Å²) in [6.07, 6.45) is 0. The average Bonchev–Trinajstić information content (AvgIpc) is 3.21. The third-order valence-corrected chi connectivity index (χ3v) is 6.08. The predicted molar refractivity (Wildman–Crippen MR) is 114 cm³/mol. The third kappa shape index (κ3) is 1.46. The van der Waals surface area contributed by atoms with Gasteiger partial charge in [0, 0.05) is 21.5 Å². The van der Waals surface area contributed by atoms with Gasteiger partial charge in [-0.1, -0.05) is 54.1 Å². The molecule has 0 N–H and O–H groups in total. The van der Waals surface area contributed by atoms with E-state index in [1.165, 1.54) is 60.2 Å². The summed E-state index contributed by atoms with van der Waals surface area (Å²) < 4.78 is 4.91. The van der Waals surface area contributed by atoms with Gasteiger partial charge in [0.1, 0.15) is 0 Å². The largest absolute Gasteiger partial charge is 0.305 e. The molecule has 0 saturated heterocycles. The highest BCUT2D eigenvalue weighted by atomic mass is 15.0. The molecular formula is C25H16N2. The lowest BCUT2D eigenvalue weighted by atomic mass is 10.1. The number of hydrogen-bond acceptors (Lipinski definition) is 0. The fourth-order valence-corrected chi connectivity index (χ4v) is 5.03. The Bertz CT molecular complexity index is 1680. The van der Waals surface area contributed by atoms with Crippen molar-refractivity contribution in [1.82, 2.24) is 8.80 Å². The number of fused-ring (bicyclic) bond motifs is 8. The molecule has 0 bridgehead atoms. The van der Waals surface area contributed by atoms with Gasteiger partial charge in [-0.3, -0.25) is 0 Å². The summed E-state index contributed by atoms with van der Waals surface area (Å²) in [5.41, 5.74) is 9.01. The second kappa shape index (κ2) is 4.41. The molecule has 2 heteroatoms. The van der Waals surface area contributed by atoms with E-state index in [1.807, 2.05) is 0 Å². The molecule has 0 atom stereocenters. The maximum absolute atomic E-state index is 2.46. The fraction of sp³-hybridized carbons (Fsp3) is 0.0400. The van der Waals surface area contributed by atoms with Gasteiger partial charge in [0.25, 0.3) is 0 Å². The maximum atomic E-state index is 2.46. The molecule has 0 fully saturated rings. The SMILES string of the molecule is Cc1ccc2c(c1)c1cccc3c1n2c1cccc2c4ccccc4n3c21. The van der Waals surface area contributed by atoms with Crippen LogP contribution < -0.4 is 0 Å². The lowest BCUT2D eigenvalue weighted by Crippen LogP contribution is -1.96. The van der Waals surface area contributed by atoms with E-state index in [2.05, 4.69) is 94.6 Å². The van der Waals surface area contributed by atoms with E-state index in [0.717, 1.165) is 0 Å². The first-order valence-electron chi connectivity index (χ1n) is 9.40. The Morgan fingerprint density at radius 2 is 1.04 bits per heavy atom. The van der Waals surface area contributed by atoms with Crippen molar-refractivity contribution < 1.29 is 0 Å². The van der Waals surface area contributed by atoms with E-state index < -0.39 is 0 Å². The summed E-state index contributed by atoms with van der Waals surface area (Å²) in [7, 11) is 0. The standard InChI is InChI=1S/C25H16N2/c1-15-12-13-21-19(14-15)18-8-5-11-23-25(18)27(21)22-10-4-7-17-16-6-2-3-9-20(16)26(23)24(17)22/h2-14H,1H3. The Balaban J connectivity index is 1.98. The van der Waals surface area contributed by atoms with Crippen LogP contribution in [0.3, 0.4) is 0 Å². The number of para-hydroxylation sites is 3. The minimum absolute atomic E-state index is 1.27. The average molecular weight is 344 g/mol. The van der Waals surface area contributed by atoms with Gasteiger partial charge < -0.3 is 8.80 Å². The smallest absolute Gasteiger partial charge is 0.0783 e. The summed E-state index contributed by atoms with van der Waals surface area (Å²) in [5.74, 6) is 0. The zero-order valence-corrected chi connectivity index (χ0v) is 14.9. The Hall–Kier alpha value is -3.52. The Labute approximate surface area is 155 Å². The lowest BCUT2D eigenvalue weighted by molar-refractivity contribution is 1.26. The number of aryl methyl sites for hydroxylation is 1. The summed E-state index contributed by atoms with van der Waals surface area (Å²) in [6.45, 7) is 2.17. The van der Waals surface area contributed by atoms with Crippen molar-refractivity contribution >= 4 is 54.6 Å². The molecule has 7 rings (SSSR count). The molecule has 0 unspecified atom stereocenters. The normalized spacial score (nSPS) is 12.6. The fourth-order valence-electron chi connectivity index (χ4n) is 5.03. The Morgan fingerprint density at radius 1 is 0.481 bits per heavy atom. The van der Waals surface area contributed by atoms with Gasteiger partial charge >= 0.3 is 0 Å². The molecule has 2 nitrogen and oxygen atoms in total. The third-order valence-electron chi connectivity index (χ3n) is 6.08. The molecule has 0 amide bonds. The van der Waals surface area contributed by atoms with Crippen LogP contribution in [0.15, 0.2) is 78.9 Å². The summed E-state index contributed by atoms with van der Waals surface area (Å²) in [5, 5.41) is 5.29. The van der Waals surface area contributed by atoms with E-state index in [9.17, 15) is 0 Å². The van der Waals surface area contributed by atoms with Crippen molar-refractivity contribution in [2.45, 2.75) is 6.92 Å². The minimum Gasteiger partial charge on any atom is -0.305 e. The maximum Gasteiger partial charge on any atom is 0.0783 e. The minimum atomic E-state index is 1.27. The van der Waals surface area contributed by atoms with Crippen molar-refractivity contribution in [2.24, 2.45) is 0 Å². The van der Waals surface area contributed by atoms with Crippen LogP contribution >= 0.6 is 0 Å². The van der Waals surface area contributed by atoms with Crippen LogP contribution in [0.5, 0.6) is 0 Å². The molecular weight excluding hydrogens is 328 g/mol. The van der Waals surface area contributed by atoms with Crippen molar-refractivity contribution in [3.8, 4) is 0 Å². The monoisotopic (exact) mass is 344 g/mol. The molecule has 126 valence electrons. The first kappa shape index (κ1) is 13.7. The van der Waals surface area contributed by atoms with Crippen LogP contribution in [-0.2, 0) is 0 Å². The number of hydrogen-bond donors (Lipinski definition) is 0. The van der Waals surface area contributed by atoms with Crippen molar-refractivity contribution in [1.29, 1.82) is 0 Å². The first-order valence-corrected chi connectivity index (χ1v) is 9.40. The van der Waals surface area contributed by atoms with Gasteiger partial charge in [0.2, 0.25) is 0 Å². The van der Waals surface area contributed by atoms with E-state index in [-0.39, 0.29) is 0 Å². The van der Waals surface area contributed by atoms with E-state index in [0.29, 0.717) is 0 Å². The molecule has 0 aliphatic rings. The number of rotatable bonds is 0. The number of nitrogens with zero attached hydrogens (tertiary/aromatic N) is 2. The highest BCUT2D eigenvalue weighted by molar-refractivity contribution is 6.21. The lowest BCUT2D eigenvalue weighted by Gasteiger charge is -2.11. The van der Waals surface area contributed by atoms with Crippen LogP contribution in [-0.4, -0.2) is 8.80 Å². The van der Waals surface area contributed by atoms with Gasteiger partial charge in [-0.2, -0.15) is 0 Å². The van der Waals surface area contributed by atoms with Crippen LogP contribution in [0.1, 0.15) is 5.56 Å². The first-order chi connectivity index (χ1) is 13.3. The number of aromatic nitrogens is 2. The molecule has 4 aromatic carbocycles. The molecule has 3 heterocycles. The van der Waals surface area contributed by atoms with Crippen molar-refractivity contribution in [3.05, 3.63) is 84.4 Å². The highest BCUT2D eigenvalue weighted by Gasteiger charge is 2.19. The predicted octanol–water partition coefficient (Wildman–Crippen LogP) is 6.55. The van der Waals surface area contributed by atoms with Gasteiger partial charge in [-0.15, -0.1) is 0 Å². The number of benzene rings is 4. The Morgan fingerprint density at radius 3 is 1.78 bits per heavy atom. The van der Waals surface area contributed by atoms with Crippen molar-refractivity contribution in [2.75, 3.05) is 0 Å². The highest BCUT2D eigenvalue weighted by Crippen LogP contribution is 2.40. The van der Waals surface area contributed by atoms with Crippen LogP contribution in [0.4, 0.5) is 0 Å². The molecule has 0 aliphatic heterocycles. The molecule has 3 aromatic heterocycles. The van der Waals surface area contributed by atoms with E-state index in [4.69, 9.17) is 0 Å². The molecule has 27 heavy (non-hydrogen) atoms. The van der Waals surface area contributed by atoms with E-state index >= 15 is 0 Å². The molecule has 7 aromatic rings. The van der Waals surface area contributed by atoms with Crippen LogP contribution in [0.25, 0.3) is 54.6 Å². The molecule has 0 saturated carbocycles. The second-order valence-electron chi connectivity index (χ2n) is 7.56. The molecule has 0 aliphatic carbocycles. The summed E-state index contributed by atoms with van der Waals surface area (Å²) in [4.78, 5) is 0. The zero-order chi connectivity index (χ0) is 17.7. The van der Waals surface area contributed by atoms with Gasteiger partial charge in [-0.25, -0.2) is 0 Å². The quantitative estimate of drug-likeness (QED) is 0.276. The molecule has 0 spiro atoms. The summed E-state index contributed by atoms with van der Waals surface area (Å²) >= 11 is 0. The van der Waals surface area contributed by atoms with E-state index in [1.54, 1.807) is 0 Å².